The van der Waals surface area contributed by atoms with E-state index in [2.05, 4.69) is 6.92 Å². The van der Waals surface area contributed by atoms with Gasteiger partial charge in [0.05, 0.1) is 12.2 Å². The third kappa shape index (κ3) is 5.00. The normalized spacial score (nSPS) is 12.1. The van der Waals surface area contributed by atoms with Crippen molar-refractivity contribution < 1.29 is 14.6 Å². The van der Waals surface area contributed by atoms with Gasteiger partial charge >= 0.3 is 5.97 Å². The largest absolute Gasteiger partial charge is 0.462 e. The molecular formula is C14H20O3. The zero-order chi connectivity index (χ0) is 12.5. The maximum absolute atomic E-state index is 11.7. The van der Waals surface area contributed by atoms with Crippen molar-refractivity contribution in [1.29, 1.82) is 0 Å². The van der Waals surface area contributed by atoms with E-state index < -0.39 is 0 Å². The summed E-state index contributed by atoms with van der Waals surface area (Å²) in [5.41, 5.74) is 0.588. The monoisotopic (exact) mass is 236 g/mol. The second-order valence-electron chi connectivity index (χ2n) is 4.10. The number of hydrogen-bond acceptors (Lipinski definition) is 3. The molecule has 0 saturated carbocycles. The van der Waals surface area contributed by atoms with Crippen molar-refractivity contribution in [2.75, 3.05) is 13.2 Å². The van der Waals surface area contributed by atoms with E-state index in [1.54, 1.807) is 12.1 Å². The van der Waals surface area contributed by atoms with Crippen molar-refractivity contribution in [3.63, 3.8) is 0 Å². The van der Waals surface area contributed by atoms with Crippen LogP contribution in [-0.4, -0.2) is 24.3 Å². The van der Waals surface area contributed by atoms with Crippen molar-refractivity contribution in [1.82, 2.24) is 0 Å². The molecule has 0 saturated heterocycles. The summed E-state index contributed by atoms with van der Waals surface area (Å²) in [5.74, 6) is 0.0721. The second-order valence-corrected chi connectivity index (χ2v) is 4.10. The summed E-state index contributed by atoms with van der Waals surface area (Å²) in [6.07, 6.45) is 2.62. The van der Waals surface area contributed by atoms with Crippen LogP contribution in [-0.2, 0) is 4.74 Å². The lowest BCUT2D eigenvalue weighted by atomic mass is 10.0. The molecule has 1 unspecified atom stereocenters. The number of aliphatic hydroxyl groups is 1. The molecule has 0 aliphatic carbocycles. The van der Waals surface area contributed by atoms with E-state index in [1.807, 2.05) is 18.2 Å². The van der Waals surface area contributed by atoms with Gasteiger partial charge in [0.15, 0.2) is 0 Å². The van der Waals surface area contributed by atoms with Crippen molar-refractivity contribution in [3.8, 4) is 0 Å². The van der Waals surface area contributed by atoms with Crippen LogP contribution < -0.4 is 0 Å². The fourth-order valence-corrected chi connectivity index (χ4v) is 1.64. The molecule has 0 aliphatic heterocycles. The molecule has 0 fully saturated rings. The van der Waals surface area contributed by atoms with Gasteiger partial charge in [0.1, 0.15) is 0 Å². The minimum absolute atomic E-state index is 0.198. The molecule has 1 rings (SSSR count). The Hall–Kier alpha value is -1.35. The number of aliphatic hydroxyl groups excluding tert-OH is 1. The van der Waals surface area contributed by atoms with Crippen LogP contribution in [0.5, 0.6) is 0 Å². The molecule has 0 aromatic heterocycles. The molecule has 1 aromatic carbocycles. The molecular weight excluding hydrogens is 216 g/mol. The Bertz CT molecular complexity index is 321. The van der Waals surface area contributed by atoms with Gasteiger partial charge in [0.2, 0.25) is 0 Å². The number of carbonyl (C=O) groups excluding carboxylic acids is 1. The Morgan fingerprint density at radius 1 is 1.35 bits per heavy atom. The quantitative estimate of drug-likeness (QED) is 0.740. The Morgan fingerprint density at radius 3 is 2.65 bits per heavy atom. The van der Waals surface area contributed by atoms with Crippen molar-refractivity contribution in [2.24, 2.45) is 5.92 Å². The maximum atomic E-state index is 11.7. The maximum Gasteiger partial charge on any atom is 0.338 e. The number of carbonyl (C=O) groups is 1. The highest BCUT2D eigenvalue weighted by Gasteiger charge is 2.11. The Kier molecular flexibility index (Phi) is 6.33. The van der Waals surface area contributed by atoms with Crippen LogP contribution in [0, 0.1) is 5.92 Å². The molecule has 0 heterocycles. The summed E-state index contributed by atoms with van der Waals surface area (Å²) in [6.45, 7) is 2.70. The van der Waals surface area contributed by atoms with Gasteiger partial charge in [-0.15, -0.1) is 0 Å². The van der Waals surface area contributed by atoms with Gasteiger partial charge in [0, 0.05) is 6.61 Å². The molecule has 0 radical (unpaired) electrons. The van der Waals surface area contributed by atoms with Crippen molar-refractivity contribution >= 4 is 5.97 Å². The molecule has 3 heteroatoms. The van der Waals surface area contributed by atoms with Gasteiger partial charge in [-0.1, -0.05) is 31.5 Å². The van der Waals surface area contributed by atoms with E-state index in [9.17, 15) is 4.79 Å². The van der Waals surface area contributed by atoms with Crippen LogP contribution in [0.1, 0.15) is 36.5 Å². The molecule has 1 N–H and O–H groups in total. The molecule has 17 heavy (non-hydrogen) atoms. The minimum atomic E-state index is -0.270. The molecule has 0 bridgehead atoms. The first-order valence-electron chi connectivity index (χ1n) is 6.11. The lowest BCUT2D eigenvalue weighted by Crippen LogP contribution is -2.14. The summed E-state index contributed by atoms with van der Waals surface area (Å²) < 4.78 is 5.26. The first-order valence-corrected chi connectivity index (χ1v) is 6.11. The fourth-order valence-electron chi connectivity index (χ4n) is 1.64. The average Bonchev–Trinajstić information content (AvgIpc) is 2.39. The van der Waals surface area contributed by atoms with E-state index in [0.29, 0.717) is 18.1 Å². The topological polar surface area (TPSA) is 46.5 Å². The van der Waals surface area contributed by atoms with E-state index in [0.717, 1.165) is 19.3 Å². The molecule has 0 aliphatic rings. The molecule has 1 aromatic rings. The van der Waals surface area contributed by atoms with Gasteiger partial charge in [0.25, 0.3) is 0 Å². The van der Waals surface area contributed by atoms with Crippen LogP contribution >= 0.6 is 0 Å². The molecule has 94 valence electrons. The fraction of sp³-hybridized carbons (Fsp3) is 0.500. The Labute approximate surface area is 102 Å². The zero-order valence-corrected chi connectivity index (χ0v) is 10.3. The smallest absolute Gasteiger partial charge is 0.338 e. The molecule has 1 atom stereocenters. The van der Waals surface area contributed by atoms with Crippen LogP contribution in [0.25, 0.3) is 0 Å². The minimum Gasteiger partial charge on any atom is -0.462 e. The van der Waals surface area contributed by atoms with Crippen molar-refractivity contribution in [2.45, 2.75) is 26.2 Å². The number of rotatable bonds is 7. The zero-order valence-electron chi connectivity index (χ0n) is 10.3. The number of ether oxygens (including phenoxy) is 1. The Morgan fingerprint density at radius 2 is 2.06 bits per heavy atom. The summed E-state index contributed by atoms with van der Waals surface area (Å²) in [5, 5.41) is 8.76. The number of benzene rings is 1. The summed E-state index contributed by atoms with van der Waals surface area (Å²) in [6, 6.07) is 9.00. The summed E-state index contributed by atoms with van der Waals surface area (Å²) >= 11 is 0. The van der Waals surface area contributed by atoms with Gasteiger partial charge in [-0.2, -0.15) is 0 Å². The predicted octanol–water partition coefficient (Wildman–Crippen LogP) is 2.64. The van der Waals surface area contributed by atoms with Gasteiger partial charge in [-0.25, -0.2) is 4.79 Å². The van der Waals surface area contributed by atoms with Crippen molar-refractivity contribution in [3.05, 3.63) is 35.9 Å². The van der Waals surface area contributed by atoms with Crippen LogP contribution in [0.4, 0.5) is 0 Å². The highest BCUT2D eigenvalue weighted by molar-refractivity contribution is 5.89. The van der Waals surface area contributed by atoms with E-state index in [-0.39, 0.29) is 12.6 Å². The highest BCUT2D eigenvalue weighted by Crippen LogP contribution is 2.12. The number of hydrogen-bond donors (Lipinski definition) is 1. The summed E-state index contributed by atoms with van der Waals surface area (Å²) in [4.78, 5) is 11.7. The first kappa shape index (κ1) is 13.7. The standard InChI is InChI=1S/C14H20O3/c1-2-12(7-6-10-15)11-17-14(16)13-8-4-3-5-9-13/h3-5,8-9,12,15H,2,6-7,10-11H2,1H3. The van der Waals surface area contributed by atoms with Crippen LogP contribution in [0.2, 0.25) is 0 Å². The third-order valence-corrected chi connectivity index (χ3v) is 2.81. The lowest BCUT2D eigenvalue weighted by molar-refractivity contribution is 0.0425. The predicted molar refractivity (Wildman–Crippen MR) is 66.8 cm³/mol. The number of esters is 1. The van der Waals surface area contributed by atoms with Gasteiger partial charge in [-0.05, 0) is 30.9 Å². The highest BCUT2D eigenvalue weighted by atomic mass is 16.5. The molecule has 0 amide bonds. The molecule has 0 spiro atoms. The second kappa shape index (κ2) is 7.85. The van der Waals surface area contributed by atoms with Crippen LogP contribution in [0.15, 0.2) is 30.3 Å². The van der Waals surface area contributed by atoms with Gasteiger partial charge < -0.3 is 9.84 Å². The lowest BCUT2D eigenvalue weighted by Gasteiger charge is -2.14. The van der Waals surface area contributed by atoms with E-state index in [1.165, 1.54) is 0 Å². The Balaban J connectivity index is 2.36. The third-order valence-electron chi connectivity index (χ3n) is 2.81. The van der Waals surface area contributed by atoms with E-state index in [4.69, 9.17) is 9.84 Å². The molecule has 3 nitrogen and oxygen atoms in total. The van der Waals surface area contributed by atoms with E-state index >= 15 is 0 Å². The van der Waals surface area contributed by atoms with Crippen LogP contribution in [0.3, 0.4) is 0 Å². The average molecular weight is 236 g/mol. The first-order chi connectivity index (χ1) is 8.27. The van der Waals surface area contributed by atoms with Gasteiger partial charge in [-0.3, -0.25) is 0 Å². The SMILES string of the molecule is CCC(CCCO)COC(=O)c1ccccc1. The summed E-state index contributed by atoms with van der Waals surface area (Å²) in [7, 11) is 0.